The first-order valence-corrected chi connectivity index (χ1v) is 12.7. The van der Waals surface area contributed by atoms with E-state index in [1.54, 1.807) is 0 Å². The summed E-state index contributed by atoms with van der Waals surface area (Å²) in [6.07, 6.45) is 10.1. The van der Waals surface area contributed by atoms with E-state index in [1.165, 1.54) is 31.2 Å². The van der Waals surface area contributed by atoms with Crippen LogP contribution in [0.2, 0.25) is 0 Å². The van der Waals surface area contributed by atoms with Crippen molar-refractivity contribution >= 4 is 17.6 Å². The molecule has 176 valence electrons. The zero-order valence-corrected chi connectivity index (χ0v) is 19.8. The van der Waals surface area contributed by atoms with Crippen molar-refractivity contribution in [3.05, 3.63) is 65.2 Å². The van der Waals surface area contributed by atoms with E-state index in [1.807, 2.05) is 35.2 Å². The lowest BCUT2D eigenvalue weighted by molar-refractivity contribution is 0.0933. The number of carbonyl (C=O) groups excluding carboxylic acids is 2. The number of anilines is 1. The summed E-state index contributed by atoms with van der Waals surface area (Å²) in [6.45, 7) is 3.56. The first-order chi connectivity index (χ1) is 16.1. The van der Waals surface area contributed by atoms with Crippen molar-refractivity contribution in [1.82, 2.24) is 10.2 Å². The number of benzene rings is 2. The number of amides is 3. The second kappa shape index (κ2) is 11.4. The molecule has 0 bridgehead atoms. The molecule has 1 saturated carbocycles. The number of rotatable bonds is 5. The number of aryl methyl sites for hydroxylation is 1. The van der Waals surface area contributed by atoms with Crippen LogP contribution >= 0.6 is 0 Å². The Balaban J connectivity index is 1.37. The molecule has 0 radical (unpaired) electrons. The van der Waals surface area contributed by atoms with Gasteiger partial charge in [0.15, 0.2) is 0 Å². The van der Waals surface area contributed by atoms with Gasteiger partial charge in [0.2, 0.25) is 0 Å². The Hall–Kier alpha value is -2.82. The third-order valence-corrected chi connectivity index (χ3v) is 7.13. The second-order valence-corrected chi connectivity index (χ2v) is 9.55. The maximum atomic E-state index is 12.9. The minimum absolute atomic E-state index is 0.0321. The lowest BCUT2D eigenvalue weighted by Gasteiger charge is -2.33. The Morgan fingerprint density at radius 1 is 0.939 bits per heavy atom. The van der Waals surface area contributed by atoms with Crippen LogP contribution in [-0.4, -0.2) is 36.0 Å². The van der Waals surface area contributed by atoms with Crippen LogP contribution in [0.4, 0.5) is 10.5 Å². The van der Waals surface area contributed by atoms with Crippen molar-refractivity contribution < 1.29 is 9.59 Å². The van der Waals surface area contributed by atoms with Gasteiger partial charge in [0, 0.05) is 36.3 Å². The summed E-state index contributed by atoms with van der Waals surface area (Å²) in [5, 5.41) is 6.29. The fraction of sp³-hybridized carbons (Fsp3) is 0.500. The minimum atomic E-state index is -0.0498. The SMILES string of the molecule is CCc1ccc(NC(=O)N2CCC[C@H](c3cccc(C(=O)NC4CCCCCC4)c3)C2)cc1. The predicted octanol–water partition coefficient (Wildman–Crippen LogP) is 6.11. The van der Waals surface area contributed by atoms with E-state index in [-0.39, 0.29) is 17.9 Å². The van der Waals surface area contributed by atoms with Gasteiger partial charge in [0.25, 0.3) is 5.91 Å². The average Bonchev–Trinajstić information content (AvgIpc) is 3.13. The Bertz CT molecular complexity index is 932. The van der Waals surface area contributed by atoms with Crippen molar-refractivity contribution in [2.24, 2.45) is 0 Å². The molecule has 3 amide bonds. The van der Waals surface area contributed by atoms with Gasteiger partial charge in [0.05, 0.1) is 0 Å². The van der Waals surface area contributed by atoms with Crippen LogP contribution in [0.3, 0.4) is 0 Å². The molecule has 5 nitrogen and oxygen atoms in total. The summed E-state index contributed by atoms with van der Waals surface area (Å²) in [6, 6.07) is 16.3. The lowest BCUT2D eigenvalue weighted by Crippen LogP contribution is -2.41. The summed E-state index contributed by atoms with van der Waals surface area (Å²) >= 11 is 0. The Kier molecular flexibility index (Phi) is 8.03. The number of nitrogens with one attached hydrogen (secondary N) is 2. The molecular weight excluding hydrogens is 410 g/mol. The van der Waals surface area contributed by atoms with Crippen LogP contribution in [-0.2, 0) is 6.42 Å². The molecular formula is C28H37N3O2. The third-order valence-electron chi connectivity index (χ3n) is 7.13. The molecule has 4 rings (SSSR count). The maximum Gasteiger partial charge on any atom is 0.321 e. The van der Waals surface area contributed by atoms with Gasteiger partial charge in [0.1, 0.15) is 0 Å². The van der Waals surface area contributed by atoms with Crippen molar-refractivity contribution in [3.63, 3.8) is 0 Å². The summed E-state index contributed by atoms with van der Waals surface area (Å²) in [5.74, 6) is 0.280. The number of likely N-dealkylation sites (tertiary alicyclic amines) is 1. The van der Waals surface area contributed by atoms with Crippen LogP contribution in [0, 0.1) is 0 Å². The number of hydrogen-bond acceptors (Lipinski definition) is 2. The number of carbonyl (C=O) groups is 2. The molecule has 5 heteroatoms. The Labute approximate surface area is 197 Å². The monoisotopic (exact) mass is 447 g/mol. The number of hydrogen-bond donors (Lipinski definition) is 2. The lowest BCUT2D eigenvalue weighted by atomic mass is 9.89. The molecule has 1 heterocycles. The standard InChI is InChI=1S/C28H37N3O2/c1-2-21-14-16-26(17-15-21)30-28(33)31-18-8-11-24(20-31)22-9-7-10-23(19-22)27(32)29-25-12-5-3-4-6-13-25/h7,9-10,14-17,19,24-25H,2-6,8,11-13,18,20H2,1H3,(H,29,32)(H,30,33)/t24-/m0/s1. The van der Waals surface area contributed by atoms with E-state index in [0.29, 0.717) is 12.6 Å². The first kappa shape index (κ1) is 23.3. The number of piperidine rings is 1. The minimum Gasteiger partial charge on any atom is -0.349 e. The van der Waals surface area contributed by atoms with Gasteiger partial charge >= 0.3 is 6.03 Å². The molecule has 2 fully saturated rings. The van der Waals surface area contributed by atoms with E-state index in [9.17, 15) is 9.59 Å². The van der Waals surface area contributed by atoms with Crippen LogP contribution in [0.25, 0.3) is 0 Å². The molecule has 0 spiro atoms. The largest absolute Gasteiger partial charge is 0.349 e. The summed E-state index contributed by atoms with van der Waals surface area (Å²) in [4.78, 5) is 27.7. The van der Waals surface area contributed by atoms with Gasteiger partial charge in [-0.15, -0.1) is 0 Å². The molecule has 2 aliphatic rings. The van der Waals surface area contributed by atoms with Gasteiger partial charge in [-0.3, -0.25) is 4.79 Å². The molecule has 2 aromatic carbocycles. The topological polar surface area (TPSA) is 61.4 Å². The summed E-state index contributed by atoms with van der Waals surface area (Å²) in [7, 11) is 0. The van der Waals surface area contributed by atoms with E-state index in [0.717, 1.165) is 55.5 Å². The molecule has 1 saturated heterocycles. The fourth-order valence-corrected chi connectivity index (χ4v) is 5.09. The highest BCUT2D eigenvalue weighted by Crippen LogP contribution is 2.28. The highest BCUT2D eigenvalue weighted by atomic mass is 16.2. The van der Waals surface area contributed by atoms with Gasteiger partial charge in [-0.2, -0.15) is 0 Å². The molecule has 2 N–H and O–H groups in total. The number of urea groups is 1. The van der Waals surface area contributed by atoms with Crippen molar-refractivity contribution in [1.29, 1.82) is 0 Å². The highest BCUT2D eigenvalue weighted by molar-refractivity contribution is 5.94. The van der Waals surface area contributed by atoms with Crippen molar-refractivity contribution in [3.8, 4) is 0 Å². The van der Waals surface area contributed by atoms with Gasteiger partial charge in [-0.1, -0.05) is 56.9 Å². The second-order valence-electron chi connectivity index (χ2n) is 9.55. The fourth-order valence-electron chi connectivity index (χ4n) is 5.09. The highest BCUT2D eigenvalue weighted by Gasteiger charge is 2.25. The molecule has 33 heavy (non-hydrogen) atoms. The van der Waals surface area contributed by atoms with Crippen molar-refractivity contribution in [2.45, 2.75) is 76.7 Å². The van der Waals surface area contributed by atoms with Crippen LogP contribution in [0.15, 0.2) is 48.5 Å². The molecule has 0 unspecified atom stereocenters. The zero-order chi connectivity index (χ0) is 23.0. The molecule has 1 aliphatic heterocycles. The van der Waals surface area contributed by atoms with Crippen molar-refractivity contribution in [2.75, 3.05) is 18.4 Å². The van der Waals surface area contributed by atoms with Gasteiger partial charge < -0.3 is 15.5 Å². The normalized spacial score (nSPS) is 19.5. The zero-order valence-electron chi connectivity index (χ0n) is 19.8. The first-order valence-electron chi connectivity index (χ1n) is 12.7. The van der Waals surface area contributed by atoms with Gasteiger partial charge in [-0.05, 0) is 67.5 Å². The molecule has 1 atom stereocenters. The van der Waals surface area contributed by atoms with Crippen LogP contribution in [0.5, 0.6) is 0 Å². The Morgan fingerprint density at radius 3 is 2.42 bits per heavy atom. The Morgan fingerprint density at radius 2 is 1.70 bits per heavy atom. The van der Waals surface area contributed by atoms with Crippen LogP contribution < -0.4 is 10.6 Å². The van der Waals surface area contributed by atoms with Gasteiger partial charge in [-0.25, -0.2) is 4.79 Å². The van der Waals surface area contributed by atoms with E-state index < -0.39 is 0 Å². The summed E-state index contributed by atoms with van der Waals surface area (Å²) < 4.78 is 0. The molecule has 1 aliphatic carbocycles. The van der Waals surface area contributed by atoms with E-state index in [2.05, 4.69) is 35.8 Å². The maximum absolute atomic E-state index is 12.9. The summed E-state index contributed by atoms with van der Waals surface area (Å²) in [5.41, 5.74) is 3.97. The third kappa shape index (κ3) is 6.37. The van der Waals surface area contributed by atoms with E-state index in [4.69, 9.17) is 0 Å². The predicted molar refractivity (Wildman–Crippen MR) is 134 cm³/mol. The smallest absolute Gasteiger partial charge is 0.321 e. The average molecular weight is 448 g/mol. The quantitative estimate of drug-likeness (QED) is 0.543. The van der Waals surface area contributed by atoms with Crippen LogP contribution in [0.1, 0.15) is 85.7 Å². The molecule has 0 aromatic heterocycles. The molecule has 2 aromatic rings. The van der Waals surface area contributed by atoms with E-state index >= 15 is 0 Å². The number of nitrogens with zero attached hydrogens (tertiary/aromatic N) is 1.